The number of aliphatic hydroxyl groups excluding tert-OH is 1. The second-order valence-electron chi connectivity index (χ2n) is 8.77. The molecule has 2 N–H and O–H groups in total. The SMILES string of the molecule is Cc1ccc(/C(O)=C2\C(=N)N(c3ccc(Cl)c(Cl)c3)C3=C(C(=O)CCC3)C2c2cccnc2)cc1. The standard InChI is InChI=1S/C28H23Cl2N3O2/c1-16-7-9-17(10-8-16)27(35)26-24(18-4-3-13-32-15-18)25-22(5-2-6-23(25)34)33(28(26)31)19-11-12-20(29)21(30)14-19/h3-4,7-15,24,31,35H,2,5-6H2,1H3/b27-26+,31-28?. The summed E-state index contributed by atoms with van der Waals surface area (Å²) in [7, 11) is 0. The van der Waals surface area contributed by atoms with Gasteiger partial charge in [-0.3, -0.25) is 20.1 Å². The van der Waals surface area contributed by atoms with E-state index in [9.17, 15) is 15.3 Å². The van der Waals surface area contributed by atoms with Crippen molar-refractivity contribution in [3.05, 3.63) is 111 Å². The molecule has 5 nitrogen and oxygen atoms in total. The molecule has 35 heavy (non-hydrogen) atoms. The van der Waals surface area contributed by atoms with Crippen LogP contribution in [0.2, 0.25) is 10.0 Å². The molecule has 2 aliphatic rings. The van der Waals surface area contributed by atoms with Gasteiger partial charge in [0.1, 0.15) is 11.6 Å². The number of hydrogen-bond acceptors (Lipinski definition) is 4. The average Bonchev–Trinajstić information content (AvgIpc) is 2.86. The summed E-state index contributed by atoms with van der Waals surface area (Å²) in [6.45, 7) is 1.97. The van der Waals surface area contributed by atoms with E-state index in [4.69, 9.17) is 23.2 Å². The molecular formula is C28H23Cl2N3O2. The molecule has 1 unspecified atom stereocenters. The number of benzene rings is 2. The quantitative estimate of drug-likeness (QED) is 0.368. The summed E-state index contributed by atoms with van der Waals surface area (Å²) in [5.41, 5.74) is 4.68. The van der Waals surface area contributed by atoms with Crippen molar-refractivity contribution in [1.29, 1.82) is 5.41 Å². The van der Waals surface area contributed by atoms with Gasteiger partial charge in [-0.1, -0.05) is 59.1 Å². The monoisotopic (exact) mass is 503 g/mol. The van der Waals surface area contributed by atoms with E-state index in [1.807, 2.05) is 37.3 Å². The number of amidine groups is 1. The lowest BCUT2D eigenvalue weighted by Gasteiger charge is -2.41. The summed E-state index contributed by atoms with van der Waals surface area (Å²) in [5, 5.41) is 21.7. The van der Waals surface area contributed by atoms with Crippen LogP contribution in [0.15, 0.2) is 83.8 Å². The van der Waals surface area contributed by atoms with Gasteiger partial charge < -0.3 is 5.11 Å². The Morgan fingerprint density at radius 1 is 1.09 bits per heavy atom. The molecular weight excluding hydrogens is 481 g/mol. The van der Waals surface area contributed by atoms with Crippen LogP contribution in [0.3, 0.4) is 0 Å². The van der Waals surface area contributed by atoms with Gasteiger partial charge in [0, 0.05) is 52.8 Å². The molecule has 1 aromatic heterocycles. The first-order chi connectivity index (χ1) is 16.9. The molecule has 0 saturated heterocycles. The summed E-state index contributed by atoms with van der Waals surface area (Å²) in [6.07, 6.45) is 5.09. The number of aryl methyl sites for hydroxylation is 1. The number of hydrogen-bond donors (Lipinski definition) is 2. The molecule has 1 aliphatic carbocycles. The Kier molecular flexibility index (Phi) is 6.22. The topological polar surface area (TPSA) is 77.3 Å². The molecule has 176 valence electrons. The fourth-order valence-corrected chi connectivity index (χ4v) is 5.14. The molecule has 0 spiro atoms. The Hall–Kier alpha value is -3.41. The molecule has 1 atom stereocenters. The molecule has 0 saturated carbocycles. The van der Waals surface area contributed by atoms with Crippen LogP contribution >= 0.6 is 23.2 Å². The lowest BCUT2D eigenvalue weighted by Crippen LogP contribution is -2.42. The van der Waals surface area contributed by atoms with Crippen molar-refractivity contribution in [3.8, 4) is 0 Å². The maximum absolute atomic E-state index is 13.4. The summed E-state index contributed by atoms with van der Waals surface area (Å²) < 4.78 is 0. The highest BCUT2D eigenvalue weighted by Gasteiger charge is 2.43. The third kappa shape index (κ3) is 4.15. The Balaban J connectivity index is 1.82. The van der Waals surface area contributed by atoms with Crippen LogP contribution in [0, 0.1) is 12.3 Å². The fourth-order valence-electron chi connectivity index (χ4n) is 4.85. The summed E-state index contributed by atoms with van der Waals surface area (Å²) in [5.74, 6) is -0.561. The number of nitrogens with one attached hydrogen (secondary N) is 1. The summed E-state index contributed by atoms with van der Waals surface area (Å²) in [6, 6.07) is 16.3. The highest BCUT2D eigenvalue weighted by molar-refractivity contribution is 6.42. The van der Waals surface area contributed by atoms with Gasteiger partial charge in [-0.15, -0.1) is 0 Å². The van der Waals surface area contributed by atoms with E-state index in [1.165, 1.54) is 0 Å². The lowest BCUT2D eigenvalue weighted by molar-refractivity contribution is -0.116. The number of halogens is 2. The number of nitrogens with zero attached hydrogens (tertiary/aromatic N) is 2. The number of aromatic nitrogens is 1. The second kappa shape index (κ2) is 9.33. The number of aliphatic hydroxyl groups is 1. The van der Waals surface area contributed by atoms with Crippen LogP contribution in [-0.4, -0.2) is 21.7 Å². The van der Waals surface area contributed by atoms with Gasteiger partial charge in [0.25, 0.3) is 0 Å². The minimum atomic E-state index is -0.612. The molecule has 2 heterocycles. The first kappa shape index (κ1) is 23.3. The predicted molar refractivity (Wildman–Crippen MR) is 140 cm³/mol. The molecule has 5 rings (SSSR count). The summed E-state index contributed by atoms with van der Waals surface area (Å²) in [4.78, 5) is 19.4. The Bertz CT molecular complexity index is 1400. The molecule has 7 heteroatoms. The third-order valence-corrected chi connectivity index (χ3v) is 7.25. The molecule has 0 fully saturated rings. The van der Waals surface area contributed by atoms with E-state index < -0.39 is 5.92 Å². The molecule has 0 amide bonds. The van der Waals surface area contributed by atoms with Crippen LogP contribution in [0.25, 0.3) is 5.76 Å². The van der Waals surface area contributed by atoms with E-state index in [0.717, 1.165) is 16.8 Å². The number of carbonyl (C=O) groups excluding carboxylic acids is 1. The van der Waals surface area contributed by atoms with Crippen molar-refractivity contribution in [2.75, 3.05) is 4.90 Å². The molecule has 1 aliphatic heterocycles. The number of rotatable bonds is 3. The molecule has 0 radical (unpaired) electrons. The fraction of sp³-hybridized carbons (Fsp3) is 0.179. The van der Waals surface area contributed by atoms with Gasteiger partial charge in [0.15, 0.2) is 5.78 Å². The van der Waals surface area contributed by atoms with Crippen molar-refractivity contribution in [3.63, 3.8) is 0 Å². The third-order valence-electron chi connectivity index (χ3n) is 6.51. The van der Waals surface area contributed by atoms with Crippen LogP contribution < -0.4 is 4.90 Å². The van der Waals surface area contributed by atoms with Crippen molar-refractivity contribution in [2.24, 2.45) is 0 Å². The number of carbonyl (C=O) groups is 1. The Morgan fingerprint density at radius 2 is 1.86 bits per heavy atom. The average molecular weight is 504 g/mol. The molecule has 0 bridgehead atoms. The van der Waals surface area contributed by atoms with E-state index in [-0.39, 0.29) is 17.4 Å². The van der Waals surface area contributed by atoms with Crippen LogP contribution in [0.4, 0.5) is 5.69 Å². The van der Waals surface area contributed by atoms with E-state index in [0.29, 0.717) is 51.7 Å². The van der Waals surface area contributed by atoms with Crippen molar-refractivity contribution in [2.45, 2.75) is 32.1 Å². The lowest BCUT2D eigenvalue weighted by atomic mass is 9.73. The van der Waals surface area contributed by atoms with E-state index >= 15 is 0 Å². The maximum atomic E-state index is 13.4. The number of ketones is 1. The van der Waals surface area contributed by atoms with Crippen molar-refractivity contribution < 1.29 is 9.90 Å². The largest absolute Gasteiger partial charge is 0.507 e. The van der Waals surface area contributed by atoms with Crippen molar-refractivity contribution in [1.82, 2.24) is 4.98 Å². The van der Waals surface area contributed by atoms with E-state index in [2.05, 4.69) is 4.98 Å². The van der Waals surface area contributed by atoms with Gasteiger partial charge in [-0.2, -0.15) is 0 Å². The zero-order chi connectivity index (χ0) is 24.7. The number of allylic oxidation sites excluding steroid dienone is 2. The Morgan fingerprint density at radius 3 is 2.54 bits per heavy atom. The van der Waals surface area contributed by atoms with Gasteiger partial charge >= 0.3 is 0 Å². The normalized spacial score (nSPS) is 19.6. The number of Topliss-reactive ketones (excluding diaryl/α,β-unsaturated/α-hetero) is 1. The first-order valence-corrected chi connectivity index (χ1v) is 12.1. The van der Waals surface area contributed by atoms with Crippen molar-refractivity contribution >= 4 is 46.3 Å². The minimum Gasteiger partial charge on any atom is -0.507 e. The number of pyridine rings is 1. The Labute approximate surface area is 213 Å². The predicted octanol–water partition coefficient (Wildman–Crippen LogP) is 7.25. The molecule has 2 aromatic carbocycles. The number of anilines is 1. The second-order valence-corrected chi connectivity index (χ2v) is 9.58. The summed E-state index contributed by atoms with van der Waals surface area (Å²) >= 11 is 12.5. The van der Waals surface area contributed by atoms with Crippen LogP contribution in [0.1, 0.15) is 41.9 Å². The highest BCUT2D eigenvalue weighted by atomic mass is 35.5. The smallest absolute Gasteiger partial charge is 0.161 e. The maximum Gasteiger partial charge on any atom is 0.161 e. The van der Waals surface area contributed by atoms with Gasteiger partial charge in [0.2, 0.25) is 0 Å². The zero-order valence-electron chi connectivity index (χ0n) is 19.1. The first-order valence-electron chi connectivity index (χ1n) is 11.4. The van der Waals surface area contributed by atoms with Gasteiger partial charge in [-0.05, 0) is 49.6 Å². The highest BCUT2D eigenvalue weighted by Crippen LogP contribution is 2.48. The van der Waals surface area contributed by atoms with E-state index in [1.54, 1.807) is 41.6 Å². The van der Waals surface area contributed by atoms with Crippen LogP contribution in [-0.2, 0) is 4.79 Å². The van der Waals surface area contributed by atoms with Gasteiger partial charge in [-0.25, -0.2) is 0 Å². The van der Waals surface area contributed by atoms with Crippen LogP contribution in [0.5, 0.6) is 0 Å². The van der Waals surface area contributed by atoms with Gasteiger partial charge in [0.05, 0.1) is 10.0 Å². The minimum absolute atomic E-state index is 0.00636. The molecule has 3 aromatic rings. The zero-order valence-corrected chi connectivity index (χ0v) is 20.6.